The van der Waals surface area contributed by atoms with Crippen molar-refractivity contribution in [3.05, 3.63) is 71.4 Å². The van der Waals surface area contributed by atoms with Gasteiger partial charge >= 0.3 is 29.6 Å². The van der Waals surface area contributed by atoms with Crippen molar-refractivity contribution in [1.82, 2.24) is 4.57 Å². The molecule has 0 amide bonds. The molecule has 2 nitrogen and oxygen atoms in total. The normalized spacial score (nSPS) is 13.7. The fourth-order valence-corrected chi connectivity index (χ4v) is 3.42. The summed E-state index contributed by atoms with van der Waals surface area (Å²) in [6.07, 6.45) is 2.66. The number of nitrogens with zero attached hydrogens (tertiary/aromatic N) is 1. The fourth-order valence-electron chi connectivity index (χ4n) is 3.42. The third-order valence-corrected chi connectivity index (χ3v) is 4.36. The molecule has 0 saturated heterocycles. The van der Waals surface area contributed by atoms with Crippen LogP contribution in [0.4, 0.5) is 0 Å². The van der Waals surface area contributed by atoms with Crippen molar-refractivity contribution < 1.29 is 4.79 Å². The van der Waals surface area contributed by atoms with Gasteiger partial charge in [0.05, 0.1) is 0 Å². The number of fused-ring (bicyclic) bond motifs is 3. The summed E-state index contributed by atoms with van der Waals surface area (Å²) in [7, 11) is 0. The number of hydrogen-bond acceptors (Lipinski definition) is 1. The van der Waals surface area contributed by atoms with Crippen LogP contribution in [-0.2, 0) is 13.0 Å². The van der Waals surface area contributed by atoms with Gasteiger partial charge in [-0.3, -0.25) is 4.79 Å². The molecule has 106 valence electrons. The molecule has 4 rings (SSSR count). The Hall–Kier alpha value is -1.35. The Balaban J connectivity index is 0.00000144. The van der Waals surface area contributed by atoms with Crippen molar-refractivity contribution in [3.63, 3.8) is 0 Å². The number of hydrogen-bond donors (Lipinski definition) is 0. The Bertz CT molecular complexity index is 820. The predicted octanol–water partition coefficient (Wildman–Crippen LogP) is 3.56. The zero-order chi connectivity index (χ0) is 14.2. The van der Waals surface area contributed by atoms with Crippen LogP contribution in [0.1, 0.15) is 34.5 Å². The van der Waals surface area contributed by atoms with Crippen LogP contribution >= 0.6 is 0 Å². The van der Waals surface area contributed by atoms with E-state index in [2.05, 4.69) is 47.0 Å². The number of carbonyl (C=O) groups is 1. The Kier molecular flexibility index (Phi) is 4.53. The third kappa shape index (κ3) is 2.56. The number of aromatic nitrogens is 1. The van der Waals surface area contributed by atoms with Gasteiger partial charge in [-0.25, -0.2) is 0 Å². The van der Waals surface area contributed by atoms with Crippen molar-refractivity contribution in [1.29, 1.82) is 0 Å². The van der Waals surface area contributed by atoms with Gasteiger partial charge in [0.15, 0.2) is 5.78 Å². The van der Waals surface area contributed by atoms with E-state index < -0.39 is 0 Å². The molecule has 0 radical (unpaired) electrons. The Morgan fingerprint density at radius 2 is 1.64 bits per heavy atom. The monoisotopic (exact) mass is 299 g/mol. The molecule has 0 saturated carbocycles. The van der Waals surface area contributed by atoms with E-state index in [9.17, 15) is 4.79 Å². The van der Waals surface area contributed by atoms with Gasteiger partial charge in [-0.2, -0.15) is 0 Å². The van der Waals surface area contributed by atoms with E-state index in [0.717, 1.165) is 30.3 Å². The van der Waals surface area contributed by atoms with Gasteiger partial charge < -0.3 is 4.57 Å². The molecule has 2 aromatic carbocycles. The fraction of sp³-hybridized carbons (Fsp3) is 0.211. The summed E-state index contributed by atoms with van der Waals surface area (Å²) in [4.78, 5) is 12.4. The van der Waals surface area contributed by atoms with Gasteiger partial charge in [-0.1, -0.05) is 48.5 Å². The molecule has 0 spiro atoms. The summed E-state index contributed by atoms with van der Waals surface area (Å²) in [6, 6.07) is 18.8. The van der Waals surface area contributed by atoms with Crippen LogP contribution in [0.2, 0.25) is 0 Å². The molecule has 3 aromatic rings. The number of rotatable bonds is 2. The summed E-state index contributed by atoms with van der Waals surface area (Å²) in [6.45, 7) is 0.837. The van der Waals surface area contributed by atoms with Gasteiger partial charge in [-0.15, -0.1) is 0 Å². The molecule has 0 bridgehead atoms. The minimum absolute atomic E-state index is 0. The molecule has 0 aliphatic heterocycles. The summed E-state index contributed by atoms with van der Waals surface area (Å²) in [5.74, 6) is 0.305. The van der Waals surface area contributed by atoms with Crippen molar-refractivity contribution >= 4 is 46.2 Å². The van der Waals surface area contributed by atoms with E-state index in [1.165, 1.54) is 16.8 Å². The van der Waals surface area contributed by atoms with E-state index in [1.807, 2.05) is 12.1 Å². The van der Waals surface area contributed by atoms with Crippen molar-refractivity contribution in [2.24, 2.45) is 0 Å². The van der Waals surface area contributed by atoms with Crippen LogP contribution in [0.5, 0.6) is 0 Å². The molecule has 3 heteroatoms. The second-order valence-corrected chi connectivity index (χ2v) is 5.69. The number of Topliss-reactive ketones (excluding diaryl/α,β-unsaturated/α-hetero) is 1. The zero-order valence-electron chi connectivity index (χ0n) is 11.9. The zero-order valence-corrected chi connectivity index (χ0v) is 11.9. The molecule has 0 N–H and O–H groups in total. The van der Waals surface area contributed by atoms with Crippen LogP contribution < -0.4 is 0 Å². The van der Waals surface area contributed by atoms with Gasteiger partial charge in [-0.05, 0) is 24.5 Å². The third-order valence-electron chi connectivity index (χ3n) is 4.36. The van der Waals surface area contributed by atoms with Crippen molar-refractivity contribution in [2.75, 3.05) is 0 Å². The second kappa shape index (κ2) is 6.41. The standard InChI is InChI=1S/C19H17NO.Na.H/c21-18-12-6-11-17-19(18)15-9-4-5-10-16(15)20(17)13-14-7-2-1-3-8-14;;/h1-5,7-10H,6,11-13H2;;. The predicted molar refractivity (Wildman–Crippen MR) is 91.9 cm³/mol. The number of benzene rings is 2. The summed E-state index contributed by atoms with van der Waals surface area (Å²) in [5, 5.41) is 1.12. The molecular formula is C19H18NNaO. The topological polar surface area (TPSA) is 22.0 Å². The van der Waals surface area contributed by atoms with Crippen LogP contribution in [-0.4, -0.2) is 39.9 Å². The first kappa shape index (κ1) is 15.5. The maximum absolute atomic E-state index is 12.4. The van der Waals surface area contributed by atoms with Crippen LogP contribution in [0.25, 0.3) is 10.9 Å². The summed E-state index contributed by atoms with van der Waals surface area (Å²) >= 11 is 0. The van der Waals surface area contributed by atoms with Crippen LogP contribution in [0, 0.1) is 0 Å². The molecular weight excluding hydrogens is 281 g/mol. The van der Waals surface area contributed by atoms with E-state index in [0.29, 0.717) is 12.2 Å². The van der Waals surface area contributed by atoms with Gasteiger partial charge in [0.1, 0.15) is 0 Å². The first-order valence-corrected chi connectivity index (χ1v) is 7.52. The van der Waals surface area contributed by atoms with Crippen LogP contribution in [0.3, 0.4) is 0 Å². The molecule has 22 heavy (non-hydrogen) atoms. The van der Waals surface area contributed by atoms with E-state index in [4.69, 9.17) is 0 Å². The van der Waals surface area contributed by atoms with Gasteiger partial charge in [0, 0.05) is 35.1 Å². The van der Waals surface area contributed by atoms with Crippen molar-refractivity contribution in [2.45, 2.75) is 25.8 Å². The quantitative estimate of drug-likeness (QED) is 0.663. The molecule has 0 atom stereocenters. The number of para-hydroxylation sites is 1. The van der Waals surface area contributed by atoms with E-state index in [-0.39, 0.29) is 29.6 Å². The summed E-state index contributed by atoms with van der Waals surface area (Å²) < 4.78 is 2.33. The molecule has 1 aromatic heterocycles. The number of ketones is 1. The maximum atomic E-state index is 12.4. The van der Waals surface area contributed by atoms with E-state index in [1.54, 1.807) is 0 Å². The first-order chi connectivity index (χ1) is 10.3. The van der Waals surface area contributed by atoms with E-state index >= 15 is 0 Å². The molecule has 1 aliphatic rings. The SMILES string of the molecule is O=C1CCCc2c1c1ccccc1n2Cc1ccccc1.[NaH]. The first-order valence-electron chi connectivity index (χ1n) is 7.52. The minimum atomic E-state index is 0. The Labute approximate surface area is 152 Å². The Morgan fingerprint density at radius 3 is 2.45 bits per heavy atom. The molecule has 0 fully saturated rings. The van der Waals surface area contributed by atoms with Gasteiger partial charge in [0.2, 0.25) is 0 Å². The molecule has 1 heterocycles. The average molecular weight is 299 g/mol. The molecule has 1 aliphatic carbocycles. The average Bonchev–Trinajstić information content (AvgIpc) is 2.84. The van der Waals surface area contributed by atoms with Crippen molar-refractivity contribution in [3.8, 4) is 0 Å². The number of carbonyl (C=O) groups excluding carboxylic acids is 1. The summed E-state index contributed by atoms with van der Waals surface area (Å²) in [5.41, 5.74) is 4.64. The van der Waals surface area contributed by atoms with Gasteiger partial charge in [0.25, 0.3) is 0 Å². The Morgan fingerprint density at radius 1 is 0.909 bits per heavy atom. The second-order valence-electron chi connectivity index (χ2n) is 5.69. The molecule has 0 unspecified atom stereocenters. The van der Waals surface area contributed by atoms with Crippen LogP contribution in [0.15, 0.2) is 54.6 Å².